The number of pyridine rings is 1. The average Bonchev–Trinajstić information content (AvgIpc) is 2.66. The van der Waals surface area contributed by atoms with Crippen molar-refractivity contribution in [2.75, 3.05) is 24.3 Å². The summed E-state index contributed by atoms with van der Waals surface area (Å²) in [5.74, 6) is 1.53. The molecule has 27 heavy (non-hydrogen) atoms. The number of hydrogen-bond donors (Lipinski definition) is 4. The molecular weight excluding hydrogens is 364 g/mol. The molecule has 8 nitrogen and oxygen atoms in total. The number of benzene rings is 1. The fraction of sp³-hybridized carbons (Fsp3) is 0.222. The quantitative estimate of drug-likeness (QED) is 0.477. The molecule has 0 saturated carbocycles. The number of nitrogens with one attached hydrogen (secondary N) is 3. The van der Waals surface area contributed by atoms with Crippen LogP contribution in [0.1, 0.15) is 13.3 Å². The van der Waals surface area contributed by atoms with Crippen LogP contribution in [0.3, 0.4) is 0 Å². The summed E-state index contributed by atoms with van der Waals surface area (Å²) in [5, 5.41) is 19.6. The Hall–Kier alpha value is -3.20. The molecule has 0 fully saturated rings. The van der Waals surface area contributed by atoms with Gasteiger partial charge >= 0.3 is 0 Å². The van der Waals surface area contributed by atoms with E-state index in [1.54, 1.807) is 30.5 Å². The van der Waals surface area contributed by atoms with Gasteiger partial charge in [0.2, 0.25) is 0 Å². The number of aromatic nitrogens is 3. The number of hydrogen-bond acceptors (Lipinski definition) is 7. The van der Waals surface area contributed by atoms with Crippen LogP contribution in [-0.4, -0.2) is 38.8 Å². The summed E-state index contributed by atoms with van der Waals surface area (Å²) in [7, 11) is 1.50. The number of phenolic OH excluding ortho intramolecular Hbond substituents is 1. The van der Waals surface area contributed by atoms with Crippen LogP contribution in [0.25, 0.3) is 11.2 Å². The van der Waals surface area contributed by atoms with Crippen LogP contribution in [0.2, 0.25) is 0 Å². The van der Waals surface area contributed by atoms with E-state index >= 15 is 0 Å². The van der Waals surface area contributed by atoms with Crippen molar-refractivity contribution >= 4 is 45.8 Å². The molecule has 1 aromatic carbocycles. The molecule has 3 rings (SSSR count). The number of ether oxygens (including phenoxy) is 1. The highest BCUT2D eigenvalue weighted by molar-refractivity contribution is 7.80. The van der Waals surface area contributed by atoms with Crippen LogP contribution < -0.4 is 20.7 Å². The minimum atomic E-state index is 0.0361. The first-order chi connectivity index (χ1) is 13.1. The van der Waals surface area contributed by atoms with Gasteiger partial charge in [0.05, 0.1) is 13.3 Å². The van der Waals surface area contributed by atoms with Crippen LogP contribution in [0.15, 0.2) is 36.5 Å². The molecule has 2 aromatic heterocycles. The first kappa shape index (κ1) is 18.6. The number of methoxy groups -OCH3 is 1. The molecule has 0 bridgehead atoms. The monoisotopic (exact) mass is 384 g/mol. The van der Waals surface area contributed by atoms with Crippen molar-refractivity contribution < 1.29 is 9.84 Å². The number of phenols is 1. The van der Waals surface area contributed by atoms with Gasteiger partial charge in [0.25, 0.3) is 0 Å². The smallest absolute Gasteiger partial charge is 0.182 e. The second-order valence-corrected chi connectivity index (χ2v) is 6.10. The lowest BCUT2D eigenvalue weighted by Crippen LogP contribution is -2.29. The van der Waals surface area contributed by atoms with Gasteiger partial charge in [-0.05, 0) is 42.9 Å². The maximum Gasteiger partial charge on any atom is 0.182 e. The van der Waals surface area contributed by atoms with Gasteiger partial charge in [-0.3, -0.25) is 0 Å². The molecule has 0 unspecified atom stereocenters. The third-order valence-corrected chi connectivity index (χ3v) is 3.88. The maximum atomic E-state index is 9.88. The zero-order chi connectivity index (χ0) is 19.2. The molecule has 2 heterocycles. The second-order valence-electron chi connectivity index (χ2n) is 5.69. The summed E-state index contributed by atoms with van der Waals surface area (Å²) in [4.78, 5) is 13.3. The second kappa shape index (κ2) is 8.45. The van der Waals surface area contributed by atoms with E-state index in [1.807, 2.05) is 6.07 Å². The van der Waals surface area contributed by atoms with Gasteiger partial charge in [0.1, 0.15) is 11.3 Å². The molecule has 140 valence electrons. The molecule has 0 amide bonds. The molecule has 0 atom stereocenters. The molecule has 0 saturated heterocycles. The van der Waals surface area contributed by atoms with Gasteiger partial charge in [-0.2, -0.15) is 0 Å². The molecule has 0 aliphatic rings. The number of aromatic hydroxyl groups is 1. The fourth-order valence-electron chi connectivity index (χ4n) is 2.34. The Bertz CT molecular complexity index is 966. The molecule has 4 N–H and O–H groups in total. The first-order valence-corrected chi connectivity index (χ1v) is 8.82. The molecule has 9 heteroatoms. The minimum Gasteiger partial charge on any atom is -0.504 e. The largest absolute Gasteiger partial charge is 0.504 e. The predicted octanol–water partition coefficient (Wildman–Crippen LogP) is 3.18. The van der Waals surface area contributed by atoms with E-state index in [9.17, 15) is 5.11 Å². The van der Waals surface area contributed by atoms with E-state index in [4.69, 9.17) is 17.0 Å². The Morgan fingerprint density at radius 3 is 2.74 bits per heavy atom. The van der Waals surface area contributed by atoms with Gasteiger partial charge in [-0.15, -0.1) is 0 Å². The van der Waals surface area contributed by atoms with Crippen molar-refractivity contribution in [2.45, 2.75) is 13.3 Å². The summed E-state index contributed by atoms with van der Waals surface area (Å²) >= 11 is 5.22. The SMILES string of the molecule is CCCNC(=S)Nc1ccc2ncc(Nc3ccc(OC)c(O)c3)nc2n1. The van der Waals surface area contributed by atoms with E-state index in [0.29, 0.717) is 39.3 Å². The summed E-state index contributed by atoms with van der Waals surface area (Å²) in [5.41, 5.74) is 1.79. The molecule has 0 radical (unpaired) electrons. The zero-order valence-corrected chi connectivity index (χ0v) is 15.8. The molecule has 0 aliphatic carbocycles. The Balaban J connectivity index is 1.79. The molecular formula is C18H20N6O2S. The van der Waals surface area contributed by atoms with Crippen LogP contribution in [0.5, 0.6) is 11.5 Å². The van der Waals surface area contributed by atoms with Crippen molar-refractivity contribution in [2.24, 2.45) is 0 Å². The zero-order valence-electron chi connectivity index (χ0n) is 15.0. The van der Waals surface area contributed by atoms with Gasteiger partial charge < -0.3 is 25.8 Å². The lowest BCUT2D eigenvalue weighted by atomic mass is 10.3. The number of fused-ring (bicyclic) bond motifs is 1. The topological polar surface area (TPSA) is 104 Å². The van der Waals surface area contributed by atoms with Gasteiger partial charge in [-0.25, -0.2) is 15.0 Å². The Labute approximate surface area is 162 Å². The van der Waals surface area contributed by atoms with E-state index < -0.39 is 0 Å². The van der Waals surface area contributed by atoms with Crippen molar-refractivity contribution in [1.29, 1.82) is 0 Å². The van der Waals surface area contributed by atoms with Gasteiger partial charge in [0.15, 0.2) is 28.1 Å². The van der Waals surface area contributed by atoms with Crippen LogP contribution in [0, 0.1) is 0 Å². The lowest BCUT2D eigenvalue weighted by molar-refractivity contribution is 0.373. The van der Waals surface area contributed by atoms with Gasteiger partial charge in [0, 0.05) is 18.3 Å². The first-order valence-electron chi connectivity index (χ1n) is 8.41. The summed E-state index contributed by atoms with van der Waals surface area (Å²) in [6.45, 7) is 2.86. The Morgan fingerprint density at radius 2 is 2.00 bits per heavy atom. The summed E-state index contributed by atoms with van der Waals surface area (Å²) in [6.07, 6.45) is 2.58. The highest BCUT2D eigenvalue weighted by Crippen LogP contribution is 2.29. The highest BCUT2D eigenvalue weighted by Gasteiger charge is 2.07. The minimum absolute atomic E-state index is 0.0361. The number of rotatable bonds is 6. The van der Waals surface area contributed by atoms with Crippen molar-refractivity contribution in [3.63, 3.8) is 0 Å². The number of nitrogens with zero attached hydrogens (tertiary/aromatic N) is 3. The van der Waals surface area contributed by atoms with Crippen LogP contribution in [0.4, 0.5) is 17.3 Å². The molecule has 0 aliphatic heterocycles. The Morgan fingerprint density at radius 1 is 1.19 bits per heavy atom. The standard InChI is InChI=1S/C18H20N6O2S/c1-3-8-19-18(27)24-15-7-5-12-17(22-15)23-16(10-20-12)21-11-4-6-14(26-2)13(25)9-11/h4-7,9-10,25H,3,8H2,1-2H3,(H3,19,21,22,23,24,27). The summed E-state index contributed by atoms with van der Waals surface area (Å²) in [6, 6.07) is 8.60. The Kier molecular flexibility index (Phi) is 5.82. The number of thiocarbonyl (C=S) groups is 1. The van der Waals surface area contributed by atoms with Crippen LogP contribution in [-0.2, 0) is 0 Å². The van der Waals surface area contributed by atoms with Gasteiger partial charge in [-0.1, -0.05) is 6.92 Å². The van der Waals surface area contributed by atoms with E-state index in [-0.39, 0.29) is 5.75 Å². The molecule has 3 aromatic rings. The fourth-order valence-corrected chi connectivity index (χ4v) is 2.55. The highest BCUT2D eigenvalue weighted by atomic mass is 32.1. The van der Waals surface area contributed by atoms with E-state index in [2.05, 4.69) is 37.8 Å². The third kappa shape index (κ3) is 4.70. The summed E-state index contributed by atoms with van der Waals surface area (Å²) < 4.78 is 5.04. The van der Waals surface area contributed by atoms with Crippen molar-refractivity contribution in [3.8, 4) is 11.5 Å². The van der Waals surface area contributed by atoms with Crippen molar-refractivity contribution in [3.05, 3.63) is 36.5 Å². The predicted molar refractivity (Wildman–Crippen MR) is 110 cm³/mol. The third-order valence-electron chi connectivity index (χ3n) is 3.64. The van der Waals surface area contributed by atoms with Crippen molar-refractivity contribution in [1.82, 2.24) is 20.3 Å². The number of anilines is 3. The van der Waals surface area contributed by atoms with Crippen LogP contribution >= 0.6 is 12.2 Å². The normalized spacial score (nSPS) is 10.4. The van der Waals surface area contributed by atoms with E-state index in [0.717, 1.165) is 13.0 Å². The lowest BCUT2D eigenvalue weighted by Gasteiger charge is -2.10. The maximum absolute atomic E-state index is 9.88. The molecule has 0 spiro atoms. The average molecular weight is 384 g/mol. The van der Waals surface area contributed by atoms with E-state index in [1.165, 1.54) is 7.11 Å².